The number of rotatable bonds is 8. The molecule has 0 aliphatic heterocycles. The Labute approximate surface area is 121 Å². The van der Waals surface area contributed by atoms with E-state index in [1.165, 1.54) is 0 Å². The van der Waals surface area contributed by atoms with Crippen LogP contribution in [0, 0.1) is 0 Å². The molecule has 5 nitrogen and oxygen atoms in total. The van der Waals surface area contributed by atoms with Gasteiger partial charge in [0.15, 0.2) is 0 Å². The fourth-order valence-electron chi connectivity index (χ4n) is 1.91. The first-order valence-corrected chi connectivity index (χ1v) is 7.29. The lowest BCUT2D eigenvalue weighted by molar-refractivity contribution is 0.0941. The molecule has 2 N–H and O–H groups in total. The van der Waals surface area contributed by atoms with Gasteiger partial charge in [0.2, 0.25) is 0 Å². The monoisotopic (exact) mass is 279 g/mol. The first kappa shape index (κ1) is 16.4. The summed E-state index contributed by atoms with van der Waals surface area (Å²) in [5.74, 6) is 0.736. The Morgan fingerprint density at radius 1 is 1.35 bits per heavy atom. The number of anilines is 1. The third kappa shape index (κ3) is 4.81. The summed E-state index contributed by atoms with van der Waals surface area (Å²) in [4.78, 5) is 18.3. The van der Waals surface area contributed by atoms with E-state index in [9.17, 15) is 9.90 Å². The van der Waals surface area contributed by atoms with Crippen molar-refractivity contribution >= 4 is 11.7 Å². The molecule has 0 aliphatic carbocycles. The van der Waals surface area contributed by atoms with Crippen LogP contribution in [0.25, 0.3) is 0 Å². The zero-order valence-electron chi connectivity index (χ0n) is 12.6. The van der Waals surface area contributed by atoms with Crippen LogP contribution < -0.4 is 10.2 Å². The topological polar surface area (TPSA) is 65.5 Å². The van der Waals surface area contributed by atoms with Gasteiger partial charge < -0.3 is 15.3 Å². The number of nitrogens with zero attached hydrogens (tertiary/aromatic N) is 2. The van der Waals surface area contributed by atoms with Crippen LogP contribution in [0.2, 0.25) is 0 Å². The lowest BCUT2D eigenvalue weighted by Gasteiger charge is -2.19. The average molecular weight is 279 g/mol. The number of carbonyl (C=O) groups excluding carboxylic acids is 1. The number of aromatic nitrogens is 1. The van der Waals surface area contributed by atoms with Gasteiger partial charge in [0.25, 0.3) is 5.91 Å². The van der Waals surface area contributed by atoms with Crippen LogP contribution in [0.15, 0.2) is 18.3 Å². The van der Waals surface area contributed by atoms with Gasteiger partial charge in [0, 0.05) is 25.8 Å². The van der Waals surface area contributed by atoms with Crippen molar-refractivity contribution in [2.24, 2.45) is 0 Å². The van der Waals surface area contributed by atoms with Gasteiger partial charge in [-0.3, -0.25) is 4.79 Å². The second-order valence-corrected chi connectivity index (χ2v) is 4.68. The molecule has 112 valence electrons. The van der Waals surface area contributed by atoms with Gasteiger partial charge in [-0.2, -0.15) is 0 Å². The van der Waals surface area contributed by atoms with Gasteiger partial charge in [0.05, 0.1) is 11.7 Å². The van der Waals surface area contributed by atoms with Gasteiger partial charge in [-0.05, 0) is 38.8 Å². The largest absolute Gasteiger partial charge is 0.393 e. The van der Waals surface area contributed by atoms with E-state index in [1.807, 2.05) is 13.0 Å². The molecule has 1 aromatic rings. The number of aliphatic hydroxyl groups is 1. The molecule has 1 unspecified atom stereocenters. The first-order chi connectivity index (χ1) is 9.62. The Morgan fingerprint density at radius 3 is 2.55 bits per heavy atom. The van der Waals surface area contributed by atoms with Crippen molar-refractivity contribution in [1.82, 2.24) is 10.3 Å². The maximum absolute atomic E-state index is 11.9. The van der Waals surface area contributed by atoms with E-state index in [-0.39, 0.29) is 12.0 Å². The third-order valence-electron chi connectivity index (χ3n) is 3.33. The number of hydrogen-bond acceptors (Lipinski definition) is 4. The minimum absolute atomic E-state index is 0.146. The molecule has 0 saturated heterocycles. The van der Waals surface area contributed by atoms with Crippen LogP contribution in [0.4, 0.5) is 5.82 Å². The predicted molar refractivity (Wildman–Crippen MR) is 81.0 cm³/mol. The maximum atomic E-state index is 11.9. The average Bonchev–Trinajstić information content (AvgIpc) is 2.48. The summed E-state index contributed by atoms with van der Waals surface area (Å²) in [5, 5.41) is 12.2. The summed E-state index contributed by atoms with van der Waals surface area (Å²) < 4.78 is 0. The number of nitrogens with one attached hydrogen (secondary N) is 1. The number of amides is 1. The van der Waals surface area contributed by atoms with E-state index in [0.29, 0.717) is 24.9 Å². The highest BCUT2D eigenvalue weighted by atomic mass is 16.3. The molecule has 1 atom stereocenters. The van der Waals surface area contributed by atoms with Crippen molar-refractivity contribution in [2.75, 3.05) is 24.5 Å². The van der Waals surface area contributed by atoms with Crippen molar-refractivity contribution < 1.29 is 9.90 Å². The maximum Gasteiger partial charge on any atom is 0.252 e. The Kier molecular flexibility index (Phi) is 7.01. The molecule has 0 aliphatic rings. The summed E-state index contributed by atoms with van der Waals surface area (Å²) in [6, 6.07) is 3.65. The normalized spacial score (nSPS) is 12.0. The Morgan fingerprint density at radius 2 is 2.05 bits per heavy atom. The molecular weight excluding hydrogens is 254 g/mol. The van der Waals surface area contributed by atoms with Crippen molar-refractivity contribution in [3.05, 3.63) is 23.9 Å². The summed E-state index contributed by atoms with van der Waals surface area (Å²) >= 11 is 0. The van der Waals surface area contributed by atoms with E-state index < -0.39 is 0 Å². The van der Waals surface area contributed by atoms with Crippen molar-refractivity contribution in [1.29, 1.82) is 0 Å². The van der Waals surface area contributed by atoms with E-state index in [0.717, 1.165) is 18.9 Å². The number of aliphatic hydroxyl groups excluding tert-OH is 1. The molecule has 0 bridgehead atoms. The molecule has 0 saturated carbocycles. The molecule has 0 radical (unpaired) electrons. The number of hydrogen-bond donors (Lipinski definition) is 2. The lowest BCUT2D eigenvalue weighted by Crippen LogP contribution is -2.27. The van der Waals surface area contributed by atoms with Gasteiger partial charge in [-0.15, -0.1) is 0 Å². The van der Waals surface area contributed by atoms with Crippen LogP contribution in [0.5, 0.6) is 0 Å². The van der Waals surface area contributed by atoms with E-state index in [2.05, 4.69) is 29.0 Å². The summed E-state index contributed by atoms with van der Waals surface area (Å²) in [6.45, 7) is 8.33. The zero-order chi connectivity index (χ0) is 15.0. The van der Waals surface area contributed by atoms with Crippen LogP contribution >= 0.6 is 0 Å². The molecule has 1 aromatic heterocycles. The van der Waals surface area contributed by atoms with Crippen LogP contribution in [0.1, 0.15) is 44.0 Å². The summed E-state index contributed by atoms with van der Waals surface area (Å²) in [7, 11) is 0. The Balaban J connectivity index is 2.53. The van der Waals surface area contributed by atoms with Crippen molar-refractivity contribution in [2.45, 2.75) is 39.7 Å². The highest BCUT2D eigenvalue weighted by Gasteiger charge is 2.08. The third-order valence-corrected chi connectivity index (χ3v) is 3.33. The van der Waals surface area contributed by atoms with Crippen LogP contribution in [0.3, 0.4) is 0 Å². The van der Waals surface area contributed by atoms with Crippen LogP contribution in [-0.2, 0) is 0 Å². The molecule has 0 spiro atoms. The summed E-state index contributed by atoms with van der Waals surface area (Å²) in [6.07, 6.45) is 2.53. The standard InChI is InChI=1S/C15H25N3O2/c1-4-13(19)9-10-16-15(20)12-7-8-14(17-11-12)18(5-2)6-3/h7-8,11,13,19H,4-6,9-10H2,1-3H3,(H,16,20). The second kappa shape index (κ2) is 8.53. The van der Waals surface area contributed by atoms with Crippen LogP contribution in [-0.4, -0.2) is 41.7 Å². The molecular formula is C15H25N3O2. The Hall–Kier alpha value is -1.62. The van der Waals surface area contributed by atoms with Gasteiger partial charge in [-0.25, -0.2) is 4.98 Å². The highest BCUT2D eigenvalue weighted by Crippen LogP contribution is 2.10. The zero-order valence-corrected chi connectivity index (χ0v) is 12.6. The molecule has 1 heterocycles. The highest BCUT2D eigenvalue weighted by molar-refractivity contribution is 5.94. The van der Waals surface area contributed by atoms with Crippen molar-refractivity contribution in [3.63, 3.8) is 0 Å². The molecule has 20 heavy (non-hydrogen) atoms. The predicted octanol–water partition coefficient (Wildman–Crippen LogP) is 1.82. The Bertz CT molecular complexity index is 402. The molecule has 5 heteroatoms. The second-order valence-electron chi connectivity index (χ2n) is 4.68. The quantitative estimate of drug-likeness (QED) is 0.762. The molecule has 1 rings (SSSR count). The lowest BCUT2D eigenvalue weighted by atomic mass is 10.2. The molecule has 0 aromatic carbocycles. The van der Waals surface area contributed by atoms with E-state index in [1.54, 1.807) is 12.3 Å². The fraction of sp³-hybridized carbons (Fsp3) is 0.600. The number of carbonyl (C=O) groups is 1. The molecule has 0 fully saturated rings. The fourth-order valence-corrected chi connectivity index (χ4v) is 1.91. The number of pyridine rings is 1. The van der Waals surface area contributed by atoms with Gasteiger partial charge in [0.1, 0.15) is 5.82 Å². The first-order valence-electron chi connectivity index (χ1n) is 7.29. The SMILES string of the molecule is CCC(O)CCNC(=O)c1ccc(N(CC)CC)nc1. The minimum atomic E-state index is -0.349. The van der Waals surface area contributed by atoms with E-state index in [4.69, 9.17) is 0 Å². The van der Waals surface area contributed by atoms with Gasteiger partial charge in [-0.1, -0.05) is 6.92 Å². The summed E-state index contributed by atoms with van der Waals surface area (Å²) in [5.41, 5.74) is 0.548. The van der Waals surface area contributed by atoms with Gasteiger partial charge >= 0.3 is 0 Å². The minimum Gasteiger partial charge on any atom is -0.393 e. The van der Waals surface area contributed by atoms with E-state index >= 15 is 0 Å². The molecule has 1 amide bonds. The smallest absolute Gasteiger partial charge is 0.252 e. The van der Waals surface area contributed by atoms with Crippen molar-refractivity contribution in [3.8, 4) is 0 Å².